The predicted molar refractivity (Wildman–Crippen MR) is 142 cm³/mol. The van der Waals surface area contributed by atoms with E-state index < -0.39 is 0 Å². The predicted octanol–water partition coefficient (Wildman–Crippen LogP) is 1.00. The van der Waals surface area contributed by atoms with Crippen molar-refractivity contribution in [1.29, 1.82) is 5.41 Å². The van der Waals surface area contributed by atoms with Gasteiger partial charge in [0, 0.05) is 49.8 Å². The SMILES string of the molecule is C=CC=[C-]c1ccc(N)c(S)c1.CCC[C-]=CC(=N)C(=O)N1CCN(C(=O)c2ccncc2)CC1.[K+]. The summed E-state index contributed by atoms with van der Waals surface area (Å²) in [5.41, 5.74) is 7.77. The van der Waals surface area contributed by atoms with E-state index >= 15 is 0 Å². The van der Waals surface area contributed by atoms with Crippen LogP contribution < -0.4 is 57.1 Å². The van der Waals surface area contributed by atoms with E-state index in [0.29, 0.717) is 37.4 Å². The Hall–Kier alpha value is -2.01. The molecule has 3 rings (SSSR count). The Morgan fingerprint density at radius 2 is 1.81 bits per heavy atom. The van der Waals surface area contributed by atoms with Gasteiger partial charge in [-0.3, -0.25) is 20.6 Å². The first-order chi connectivity index (χ1) is 16.9. The van der Waals surface area contributed by atoms with E-state index in [9.17, 15) is 9.59 Å². The van der Waals surface area contributed by atoms with Gasteiger partial charge in [-0.05, 0) is 22.7 Å². The summed E-state index contributed by atoms with van der Waals surface area (Å²) in [7, 11) is 0. The van der Waals surface area contributed by atoms with Crippen molar-refractivity contribution in [2.75, 3.05) is 31.9 Å². The van der Waals surface area contributed by atoms with Gasteiger partial charge in [-0.25, -0.2) is 6.08 Å². The van der Waals surface area contributed by atoms with Crippen LogP contribution in [0.25, 0.3) is 0 Å². The van der Waals surface area contributed by atoms with Crippen LogP contribution >= 0.6 is 12.6 Å². The smallest absolute Gasteiger partial charge is 0.399 e. The maximum Gasteiger partial charge on any atom is 1.00 e. The van der Waals surface area contributed by atoms with Crippen molar-refractivity contribution in [3.05, 3.63) is 90.8 Å². The van der Waals surface area contributed by atoms with Crippen molar-refractivity contribution in [1.82, 2.24) is 14.8 Å². The molecule has 1 fully saturated rings. The average molecular weight is 529 g/mol. The Labute approximate surface area is 261 Å². The minimum absolute atomic E-state index is 0. The summed E-state index contributed by atoms with van der Waals surface area (Å²) in [6.07, 6.45) is 15.7. The van der Waals surface area contributed by atoms with Crippen molar-refractivity contribution < 1.29 is 61.0 Å². The fraction of sp³-hybridized carbons (Fsp3) is 0.259. The maximum atomic E-state index is 12.3. The van der Waals surface area contributed by atoms with Crippen molar-refractivity contribution >= 4 is 35.8 Å². The number of thiol groups is 1. The molecule has 1 saturated heterocycles. The van der Waals surface area contributed by atoms with Gasteiger partial charge in [0.1, 0.15) is 0 Å². The van der Waals surface area contributed by atoms with Gasteiger partial charge in [-0.1, -0.05) is 19.4 Å². The molecular formula is C27H31KN5O2S-. The number of carbonyl (C=O) groups is 2. The molecule has 2 amide bonds. The number of hydrogen-bond acceptors (Lipinski definition) is 6. The summed E-state index contributed by atoms with van der Waals surface area (Å²) in [4.78, 5) is 32.5. The summed E-state index contributed by atoms with van der Waals surface area (Å²) in [5.74, 6) is -0.352. The average Bonchev–Trinajstić information content (AvgIpc) is 2.89. The summed E-state index contributed by atoms with van der Waals surface area (Å²) in [6, 6.07) is 8.92. The molecular weight excluding hydrogens is 497 g/mol. The van der Waals surface area contributed by atoms with Gasteiger partial charge in [0.25, 0.3) is 5.91 Å². The van der Waals surface area contributed by atoms with E-state index in [1.54, 1.807) is 46.5 Å². The number of hydrogen-bond donors (Lipinski definition) is 3. The number of pyridine rings is 1. The second kappa shape index (κ2) is 17.4. The summed E-state index contributed by atoms with van der Waals surface area (Å²) in [6.45, 7) is 7.41. The third-order valence-electron chi connectivity index (χ3n) is 5.05. The van der Waals surface area contributed by atoms with E-state index in [4.69, 9.17) is 11.1 Å². The second-order valence-electron chi connectivity index (χ2n) is 7.65. The molecule has 36 heavy (non-hydrogen) atoms. The minimum atomic E-state index is -0.301. The van der Waals surface area contributed by atoms with Crippen LogP contribution in [0.5, 0.6) is 0 Å². The van der Waals surface area contributed by atoms with Gasteiger partial charge in [0.05, 0.1) is 0 Å². The Morgan fingerprint density at radius 3 is 2.39 bits per heavy atom. The summed E-state index contributed by atoms with van der Waals surface area (Å²) >= 11 is 4.18. The fourth-order valence-corrected chi connectivity index (χ4v) is 3.34. The van der Waals surface area contributed by atoms with Gasteiger partial charge in [0.2, 0.25) is 0 Å². The number of piperazine rings is 1. The normalized spacial score (nSPS) is 13.1. The standard InChI is InChI=1S/C17H21N4O2.C10H10NS.K/c1-2-3-4-5-15(18)17(23)21-12-10-20(11-13-21)16(22)14-6-8-19-9-7-14;1-2-3-4-8-5-6-9(11)10(12)7-8;/h5-9,18H,2-3,10-13H2,1H3;2-3,5-7,12H,1,11H2;/q2*-1;+1. The molecule has 1 aromatic carbocycles. The minimum Gasteiger partial charge on any atom is -0.399 e. The van der Waals surface area contributed by atoms with Crippen LogP contribution in [0.2, 0.25) is 0 Å². The van der Waals surface area contributed by atoms with E-state index in [1.165, 1.54) is 6.08 Å². The first kappa shape index (κ1) is 32.0. The van der Waals surface area contributed by atoms with Gasteiger partial charge in [0.15, 0.2) is 5.91 Å². The zero-order chi connectivity index (χ0) is 25.6. The van der Waals surface area contributed by atoms with Gasteiger partial charge in [-0.2, -0.15) is 12.6 Å². The van der Waals surface area contributed by atoms with Crippen molar-refractivity contribution in [2.45, 2.75) is 24.7 Å². The molecule has 0 spiro atoms. The number of nitrogens with two attached hydrogens (primary N) is 1. The number of carbonyl (C=O) groups excluding carboxylic acids is 2. The Bertz CT molecular complexity index is 1080. The maximum absolute atomic E-state index is 12.3. The van der Waals surface area contributed by atoms with Crippen LogP contribution in [0.15, 0.2) is 72.4 Å². The number of nitrogens with zero attached hydrogens (tertiary/aromatic N) is 3. The largest absolute Gasteiger partial charge is 1.00 e. The van der Waals surface area contributed by atoms with Crippen LogP contribution in [0, 0.1) is 17.6 Å². The van der Waals surface area contributed by atoms with Gasteiger partial charge < -0.3 is 20.9 Å². The molecule has 9 heteroatoms. The molecule has 184 valence electrons. The summed E-state index contributed by atoms with van der Waals surface area (Å²) < 4.78 is 0. The van der Waals surface area contributed by atoms with Crippen LogP contribution in [0.1, 0.15) is 35.7 Å². The molecule has 2 heterocycles. The first-order valence-electron chi connectivity index (χ1n) is 11.3. The molecule has 0 bridgehead atoms. The van der Waals surface area contributed by atoms with Crippen LogP contribution in [-0.2, 0) is 4.79 Å². The third-order valence-corrected chi connectivity index (χ3v) is 5.44. The number of unbranched alkanes of at least 4 members (excludes halogenated alkanes) is 1. The molecule has 7 nitrogen and oxygen atoms in total. The molecule has 0 radical (unpaired) electrons. The van der Waals surface area contributed by atoms with Crippen LogP contribution in [0.3, 0.4) is 0 Å². The summed E-state index contributed by atoms with van der Waals surface area (Å²) in [5, 5.41) is 7.78. The zero-order valence-electron chi connectivity index (χ0n) is 20.9. The first-order valence-corrected chi connectivity index (χ1v) is 11.7. The topological polar surface area (TPSA) is 103 Å². The Kier molecular flexibility index (Phi) is 15.5. The number of anilines is 1. The van der Waals surface area contributed by atoms with Crippen LogP contribution in [-0.4, -0.2) is 58.5 Å². The monoisotopic (exact) mass is 528 g/mol. The van der Waals surface area contributed by atoms with E-state index in [0.717, 1.165) is 23.3 Å². The van der Waals surface area contributed by atoms with E-state index in [2.05, 4.69) is 36.3 Å². The van der Waals surface area contributed by atoms with Crippen molar-refractivity contribution in [3.63, 3.8) is 0 Å². The number of nitrogen functional groups attached to an aromatic ring is 1. The number of aromatic nitrogens is 1. The molecule has 1 aromatic heterocycles. The van der Waals surface area contributed by atoms with Crippen molar-refractivity contribution in [3.8, 4) is 0 Å². The van der Waals surface area contributed by atoms with Gasteiger partial charge in [-0.15, -0.1) is 48.9 Å². The third kappa shape index (κ3) is 10.5. The van der Waals surface area contributed by atoms with E-state index in [-0.39, 0.29) is 68.9 Å². The molecule has 2 aromatic rings. The molecule has 0 atom stereocenters. The molecule has 0 aliphatic carbocycles. The molecule has 1 aliphatic rings. The molecule has 0 saturated carbocycles. The number of benzene rings is 1. The second-order valence-corrected chi connectivity index (χ2v) is 8.13. The number of rotatable bonds is 7. The number of amides is 2. The van der Waals surface area contributed by atoms with E-state index in [1.807, 2.05) is 25.1 Å². The molecule has 3 N–H and O–H groups in total. The number of nitrogens with one attached hydrogen (secondary N) is 1. The Balaban J connectivity index is 0.000000422. The van der Waals surface area contributed by atoms with Crippen LogP contribution in [0.4, 0.5) is 5.69 Å². The van der Waals surface area contributed by atoms with Crippen molar-refractivity contribution in [2.24, 2.45) is 0 Å². The Morgan fingerprint density at radius 1 is 1.17 bits per heavy atom. The van der Waals surface area contributed by atoms with Gasteiger partial charge >= 0.3 is 51.4 Å². The molecule has 0 unspecified atom stereocenters. The quantitative estimate of drug-likeness (QED) is 0.125. The number of allylic oxidation sites excluding steroid dienone is 3. The zero-order valence-corrected chi connectivity index (χ0v) is 24.9. The fourth-order valence-electron chi connectivity index (χ4n) is 3.13. The molecule has 1 aliphatic heterocycles.